The number of nitrogens with zero attached hydrogens (tertiary/aromatic N) is 4. The van der Waals surface area contributed by atoms with E-state index in [1.165, 1.54) is 55.4 Å². The monoisotopic (exact) mass is 902 g/mol. The van der Waals surface area contributed by atoms with E-state index in [4.69, 9.17) is 0 Å². The Morgan fingerprint density at radius 3 is 1.46 bits per heavy atom. The lowest BCUT2D eigenvalue weighted by molar-refractivity contribution is 0.774. The van der Waals surface area contributed by atoms with Crippen molar-refractivity contribution >= 4 is 78.8 Å². The van der Waals surface area contributed by atoms with E-state index in [0.717, 1.165) is 71.9 Å². The van der Waals surface area contributed by atoms with Gasteiger partial charge in [-0.2, -0.15) is 0 Å². The maximum atomic E-state index is 2.54. The molecule has 338 valence electrons. The molecule has 0 aliphatic heterocycles. The fourth-order valence-corrected chi connectivity index (χ4v) is 10.7. The minimum Gasteiger partial charge on any atom is -0.334 e. The second-order valence-electron chi connectivity index (χ2n) is 18.3. The Kier molecular flexibility index (Phi) is 11.7. The normalized spacial score (nSPS) is 15.0. The van der Waals surface area contributed by atoms with E-state index in [9.17, 15) is 0 Å². The molecule has 4 nitrogen and oxygen atoms in total. The number of para-hydroxylation sites is 2. The highest BCUT2D eigenvalue weighted by Gasteiger charge is 2.26. The molecule has 1 atom stereocenters. The fraction of sp³-hybridized carbons (Fsp3) is 0.0909. The number of anilines is 9. The lowest BCUT2D eigenvalue weighted by Gasteiger charge is -2.36. The van der Waals surface area contributed by atoms with E-state index in [0.29, 0.717) is 0 Å². The fourth-order valence-electron chi connectivity index (χ4n) is 10.7. The van der Waals surface area contributed by atoms with Crippen LogP contribution in [0.25, 0.3) is 27.6 Å². The van der Waals surface area contributed by atoms with Crippen LogP contribution in [0.4, 0.5) is 51.2 Å². The van der Waals surface area contributed by atoms with Gasteiger partial charge in [0.2, 0.25) is 0 Å². The molecule has 0 radical (unpaired) electrons. The lowest BCUT2D eigenvalue weighted by Crippen LogP contribution is -2.32. The molecule has 0 fully saturated rings. The molecule has 0 saturated carbocycles. The summed E-state index contributed by atoms with van der Waals surface area (Å²) in [6, 6.07) is 77.4. The van der Waals surface area contributed by atoms with Crippen molar-refractivity contribution in [2.45, 2.75) is 38.1 Å². The molecule has 9 aromatic carbocycles. The molecule has 3 aliphatic rings. The topological polar surface area (TPSA) is 13.0 Å². The Hall–Kier alpha value is -8.60. The maximum absolute atomic E-state index is 2.54. The van der Waals surface area contributed by atoms with E-state index in [1.807, 2.05) is 0 Å². The predicted octanol–water partition coefficient (Wildman–Crippen LogP) is 18.0. The standard InChI is InChI=1S/C66H54N4/c1-4-25-52(26-5-1)68(64-34-16-22-49-19-10-13-31-61(49)64)58-43-37-55(38-44-58)67(56-39-45-59(46-40-56)69(53-27-6-2-7-28-53)65-35-17-23-50-20-11-14-32-62(50)65)57-41-47-60(48-42-57)70(54-29-8-3-9-30-54)66-36-18-24-51-21-12-15-33-63(51)66/h1-2,4-8,10,12-19,21-45,47-48,59H,3,9,11,20,46H2. The molecule has 70 heavy (non-hydrogen) atoms. The van der Waals surface area contributed by atoms with Gasteiger partial charge in [0.15, 0.2) is 0 Å². The highest BCUT2D eigenvalue weighted by Crippen LogP contribution is 2.44. The van der Waals surface area contributed by atoms with Gasteiger partial charge in [-0.15, -0.1) is 0 Å². The molecule has 12 rings (SSSR count). The van der Waals surface area contributed by atoms with Crippen molar-refractivity contribution in [1.82, 2.24) is 0 Å². The first-order chi connectivity index (χ1) is 34.7. The summed E-state index contributed by atoms with van der Waals surface area (Å²) in [5, 5.41) is 4.88. The van der Waals surface area contributed by atoms with Crippen LogP contribution in [0.5, 0.6) is 0 Å². The number of fused-ring (bicyclic) bond motifs is 3. The van der Waals surface area contributed by atoms with Crippen molar-refractivity contribution in [2.24, 2.45) is 0 Å². The second-order valence-corrected chi connectivity index (χ2v) is 18.3. The van der Waals surface area contributed by atoms with Crippen molar-refractivity contribution in [3.8, 4) is 0 Å². The van der Waals surface area contributed by atoms with Crippen molar-refractivity contribution in [3.05, 3.63) is 277 Å². The zero-order valence-corrected chi connectivity index (χ0v) is 39.2. The first kappa shape index (κ1) is 42.7. The molecule has 0 spiro atoms. The van der Waals surface area contributed by atoms with Gasteiger partial charge in [0.05, 0.1) is 17.4 Å². The predicted molar refractivity (Wildman–Crippen MR) is 298 cm³/mol. The van der Waals surface area contributed by atoms with Gasteiger partial charge in [0, 0.05) is 67.5 Å². The van der Waals surface area contributed by atoms with E-state index in [1.54, 1.807) is 0 Å². The van der Waals surface area contributed by atoms with Gasteiger partial charge in [-0.25, -0.2) is 0 Å². The average molecular weight is 903 g/mol. The Bertz CT molecular complexity index is 3460. The summed E-state index contributed by atoms with van der Waals surface area (Å²) in [4.78, 5) is 9.76. The van der Waals surface area contributed by atoms with Crippen LogP contribution in [0.3, 0.4) is 0 Å². The summed E-state index contributed by atoms with van der Waals surface area (Å²) < 4.78 is 0. The third kappa shape index (κ3) is 8.28. The Morgan fingerprint density at radius 2 is 0.843 bits per heavy atom. The van der Waals surface area contributed by atoms with Gasteiger partial charge in [-0.05, 0) is 152 Å². The van der Waals surface area contributed by atoms with Gasteiger partial charge in [0.25, 0.3) is 0 Å². The zero-order valence-electron chi connectivity index (χ0n) is 39.2. The summed E-state index contributed by atoms with van der Waals surface area (Å²) in [6.45, 7) is 0. The minimum absolute atomic E-state index is 0.116. The molecule has 1 unspecified atom stereocenters. The number of hydrogen-bond donors (Lipinski definition) is 0. The first-order valence-corrected chi connectivity index (χ1v) is 24.7. The molecule has 4 heteroatoms. The third-order valence-electron chi connectivity index (χ3n) is 14.0. The Labute approximate surface area is 412 Å². The zero-order chi connectivity index (χ0) is 46.6. The summed E-state index contributed by atoms with van der Waals surface area (Å²) in [5.74, 6) is 0. The lowest BCUT2D eigenvalue weighted by atomic mass is 9.93. The number of allylic oxidation sites excluding steroid dienone is 5. The van der Waals surface area contributed by atoms with Crippen LogP contribution >= 0.6 is 0 Å². The van der Waals surface area contributed by atoms with E-state index >= 15 is 0 Å². The highest BCUT2D eigenvalue weighted by atomic mass is 15.2. The second kappa shape index (κ2) is 19.2. The summed E-state index contributed by atoms with van der Waals surface area (Å²) in [7, 11) is 0. The Balaban J connectivity index is 0.952. The molecule has 0 heterocycles. The number of aryl methyl sites for hydroxylation is 1. The van der Waals surface area contributed by atoms with Crippen LogP contribution in [0, 0.1) is 0 Å². The van der Waals surface area contributed by atoms with E-state index < -0.39 is 0 Å². The molecule has 3 aliphatic carbocycles. The van der Waals surface area contributed by atoms with Crippen LogP contribution in [-0.4, -0.2) is 6.04 Å². The van der Waals surface area contributed by atoms with E-state index in [-0.39, 0.29) is 6.04 Å². The van der Waals surface area contributed by atoms with Crippen LogP contribution in [-0.2, 0) is 6.42 Å². The molecule has 0 amide bonds. The smallest absolute Gasteiger partial charge is 0.0561 e. The van der Waals surface area contributed by atoms with Crippen LogP contribution < -0.4 is 19.6 Å². The van der Waals surface area contributed by atoms with E-state index in [2.05, 4.69) is 281 Å². The van der Waals surface area contributed by atoms with Crippen molar-refractivity contribution in [3.63, 3.8) is 0 Å². The van der Waals surface area contributed by atoms with Gasteiger partial charge < -0.3 is 19.6 Å². The maximum Gasteiger partial charge on any atom is 0.0561 e. The SMILES string of the molecule is C1=CC(N(c2ccc(N(C3=CCC(N(c4ccccc4)c4cccc5c4C=CCC5)C=C3)c3ccc(N(c4ccccc4)c4cccc5ccccc45)cc3)cc2)c2cccc3ccccc23)=CCC1. The molecule has 0 saturated heterocycles. The van der Waals surface area contributed by atoms with Crippen LogP contribution in [0.1, 0.15) is 36.8 Å². The quantitative estimate of drug-likeness (QED) is 0.121. The minimum atomic E-state index is 0.116. The number of benzene rings is 9. The van der Waals surface area contributed by atoms with Crippen LogP contribution in [0.2, 0.25) is 0 Å². The first-order valence-electron chi connectivity index (χ1n) is 24.7. The molecule has 0 N–H and O–H groups in total. The van der Waals surface area contributed by atoms with Crippen LogP contribution in [0.15, 0.2) is 266 Å². The molecule has 0 bridgehead atoms. The van der Waals surface area contributed by atoms with Crippen molar-refractivity contribution in [1.29, 1.82) is 0 Å². The Morgan fingerprint density at radius 1 is 0.343 bits per heavy atom. The molecular weight excluding hydrogens is 849 g/mol. The highest BCUT2D eigenvalue weighted by molar-refractivity contribution is 6.00. The largest absolute Gasteiger partial charge is 0.334 e. The van der Waals surface area contributed by atoms with Gasteiger partial charge in [-0.1, -0.05) is 158 Å². The van der Waals surface area contributed by atoms with Crippen molar-refractivity contribution in [2.75, 3.05) is 19.6 Å². The van der Waals surface area contributed by atoms with Gasteiger partial charge in [0.1, 0.15) is 0 Å². The molecule has 9 aromatic rings. The molecular formula is C66H54N4. The van der Waals surface area contributed by atoms with Gasteiger partial charge in [-0.3, -0.25) is 0 Å². The van der Waals surface area contributed by atoms with Gasteiger partial charge >= 0.3 is 0 Å². The molecule has 0 aromatic heterocycles. The third-order valence-corrected chi connectivity index (χ3v) is 14.0. The average Bonchev–Trinajstić information content (AvgIpc) is 3.43. The summed E-state index contributed by atoms with van der Waals surface area (Å²) in [6.07, 6.45) is 23.8. The summed E-state index contributed by atoms with van der Waals surface area (Å²) >= 11 is 0. The number of rotatable bonds is 12. The van der Waals surface area contributed by atoms with Crippen molar-refractivity contribution < 1.29 is 0 Å². The summed E-state index contributed by atoms with van der Waals surface area (Å²) in [5.41, 5.74) is 15.3. The number of hydrogen-bond acceptors (Lipinski definition) is 4.